The van der Waals surface area contributed by atoms with Crippen LogP contribution in [0.3, 0.4) is 0 Å². The summed E-state index contributed by atoms with van der Waals surface area (Å²) in [6, 6.07) is 8.53. The molecule has 0 bridgehead atoms. The molecule has 0 atom stereocenters. The first-order chi connectivity index (χ1) is 7.83. The smallest absolute Gasteiger partial charge is 0.0144 e. The molecule has 0 aliphatic heterocycles. The lowest BCUT2D eigenvalue weighted by molar-refractivity contribution is 1.13. The second-order valence-electron chi connectivity index (χ2n) is 2.98. The van der Waals surface area contributed by atoms with Crippen molar-refractivity contribution in [3.63, 3.8) is 0 Å². The van der Waals surface area contributed by atoms with Crippen molar-refractivity contribution in [3.05, 3.63) is 54.1 Å². The summed E-state index contributed by atoms with van der Waals surface area (Å²) in [5, 5.41) is 0. The Kier molecular flexibility index (Phi) is 8.74. The topological polar surface area (TPSA) is 0 Å². The maximum atomic E-state index is 3.74. The van der Waals surface area contributed by atoms with Gasteiger partial charge in [-0.15, -0.1) is 11.8 Å². The monoisotopic (exact) mass is 234 g/mol. The summed E-state index contributed by atoms with van der Waals surface area (Å²) in [6.45, 7) is 9.92. The number of aryl methyl sites for hydroxylation is 1. The van der Waals surface area contributed by atoms with Crippen molar-refractivity contribution in [2.45, 2.75) is 27.2 Å². The van der Waals surface area contributed by atoms with E-state index in [2.05, 4.69) is 50.1 Å². The number of allylic oxidation sites excluding steroid dienone is 2. The average molecular weight is 234 g/mol. The lowest BCUT2D eigenvalue weighted by Crippen LogP contribution is -1.88. The van der Waals surface area contributed by atoms with Crippen molar-refractivity contribution in [2.75, 3.05) is 6.26 Å². The fourth-order valence-electron chi connectivity index (χ4n) is 1.44. The molecule has 0 aliphatic rings. The summed E-state index contributed by atoms with van der Waals surface area (Å²) < 4.78 is 0. The quantitative estimate of drug-likeness (QED) is 0.648. The number of rotatable bonds is 4. The van der Waals surface area contributed by atoms with Crippen LogP contribution in [0.15, 0.2) is 43.0 Å². The van der Waals surface area contributed by atoms with Gasteiger partial charge in [-0.25, -0.2) is 0 Å². The summed E-state index contributed by atoms with van der Waals surface area (Å²) in [5.41, 5.74) is 2.73. The van der Waals surface area contributed by atoms with E-state index in [4.69, 9.17) is 0 Å². The highest BCUT2D eigenvalue weighted by Gasteiger charge is 2.03. The van der Waals surface area contributed by atoms with Gasteiger partial charge in [-0.2, -0.15) is 0 Å². The van der Waals surface area contributed by atoms with Crippen LogP contribution in [0.4, 0.5) is 0 Å². The van der Waals surface area contributed by atoms with Crippen molar-refractivity contribution in [1.82, 2.24) is 0 Å². The van der Waals surface area contributed by atoms with Gasteiger partial charge in [0.1, 0.15) is 0 Å². The molecule has 0 amide bonds. The largest absolute Gasteiger partial charge is 0.129 e. The molecule has 0 N–H and O–H groups in total. The van der Waals surface area contributed by atoms with E-state index in [1.54, 1.807) is 11.8 Å². The van der Waals surface area contributed by atoms with E-state index in [0.29, 0.717) is 0 Å². The van der Waals surface area contributed by atoms with E-state index in [1.807, 2.05) is 19.9 Å². The normalized spacial score (nSPS) is 10.4. The molecule has 0 saturated heterocycles. The Hall–Kier alpha value is -0.950. The van der Waals surface area contributed by atoms with E-state index < -0.39 is 0 Å². The molecular formula is C15H22S. The second-order valence-corrected chi connectivity index (χ2v) is 3.83. The first-order valence-corrected chi connectivity index (χ1v) is 7.01. The Morgan fingerprint density at radius 2 is 1.94 bits per heavy atom. The van der Waals surface area contributed by atoms with Crippen LogP contribution in [0.2, 0.25) is 0 Å². The maximum absolute atomic E-state index is 3.74. The van der Waals surface area contributed by atoms with Gasteiger partial charge < -0.3 is 0 Å². The number of hydrogen-bond donors (Lipinski definition) is 0. The van der Waals surface area contributed by atoms with Crippen LogP contribution in [-0.4, -0.2) is 6.26 Å². The third-order valence-electron chi connectivity index (χ3n) is 2.15. The molecular weight excluding hydrogens is 212 g/mol. The minimum absolute atomic E-state index is 1.07. The zero-order valence-electron chi connectivity index (χ0n) is 10.8. The van der Waals surface area contributed by atoms with Crippen LogP contribution in [0, 0.1) is 0 Å². The molecule has 1 aromatic rings. The molecule has 0 nitrogen and oxygen atoms in total. The van der Waals surface area contributed by atoms with Crippen molar-refractivity contribution in [1.29, 1.82) is 0 Å². The fraction of sp³-hybridized carbons (Fsp3) is 0.333. The molecule has 1 heteroatoms. The molecule has 0 unspecified atom stereocenters. The third kappa shape index (κ3) is 4.28. The minimum atomic E-state index is 1.07. The summed E-state index contributed by atoms with van der Waals surface area (Å²) in [6.07, 6.45) is 7.09. The molecule has 0 saturated carbocycles. The van der Waals surface area contributed by atoms with Crippen molar-refractivity contribution >= 4 is 16.7 Å². The molecule has 88 valence electrons. The van der Waals surface area contributed by atoms with Gasteiger partial charge in [0.25, 0.3) is 0 Å². The van der Waals surface area contributed by atoms with Gasteiger partial charge in [-0.05, 0) is 29.9 Å². The van der Waals surface area contributed by atoms with Gasteiger partial charge in [-0.3, -0.25) is 0 Å². The van der Waals surface area contributed by atoms with E-state index in [9.17, 15) is 0 Å². The van der Waals surface area contributed by atoms with Crippen LogP contribution in [0.5, 0.6) is 0 Å². The molecule has 0 aliphatic carbocycles. The van der Waals surface area contributed by atoms with E-state index >= 15 is 0 Å². The Labute approximate surface area is 104 Å². The van der Waals surface area contributed by atoms with E-state index in [-0.39, 0.29) is 0 Å². The molecule has 0 spiro atoms. The third-order valence-corrected chi connectivity index (χ3v) is 2.95. The van der Waals surface area contributed by atoms with E-state index in [0.717, 1.165) is 6.42 Å². The zero-order valence-corrected chi connectivity index (χ0v) is 11.6. The molecule has 0 aromatic heterocycles. The molecule has 0 heterocycles. The maximum Gasteiger partial charge on any atom is 0.0144 e. The van der Waals surface area contributed by atoms with Gasteiger partial charge >= 0.3 is 0 Å². The first-order valence-electron chi connectivity index (χ1n) is 5.78. The van der Waals surface area contributed by atoms with Crippen LogP contribution >= 0.6 is 11.8 Å². The Morgan fingerprint density at radius 3 is 2.44 bits per heavy atom. The standard InChI is InChI=1S/C13H16S.C2H6/c1-4-8-13(14-3)12-10-7-6-9-11(12)5-2;1-2/h4,6-10H,1,5H2,2-3H3;1-2H3/b13-8-;. The SMILES string of the molecule is C=C/C=C(\SC)c1ccccc1CC.CC. The van der Waals surface area contributed by atoms with Gasteiger partial charge in [0.15, 0.2) is 0 Å². The van der Waals surface area contributed by atoms with Crippen molar-refractivity contribution in [2.24, 2.45) is 0 Å². The summed E-state index contributed by atoms with van der Waals surface area (Å²) in [5.74, 6) is 0. The van der Waals surface area contributed by atoms with Crippen LogP contribution in [0.25, 0.3) is 4.91 Å². The fourth-order valence-corrected chi connectivity index (χ4v) is 2.10. The minimum Gasteiger partial charge on any atom is -0.129 e. The zero-order chi connectivity index (χ0) is 12.4. The van der Waals surface area contributed by atoms with Gasteiger partial charge in [0.2, 0.25) is 0 Å². The van der Waals surface area contributed by atoms with Crippen molar-refractivity contribution < 1.29 is 0 Å². The number of hydrogen-bond acceptors (Lipinski definition) is 1. The van der Waals surface area contributed by atoms with Gasteiger partial charge in [0, 0.05) is 4.91 Å². The summed E-state index contributed by atoms with van der Waals surface area (Å²) in [7, 11) is 0. The molecule has 16 heavy (non-hydrogen) atoms. The van der Waals surface area contributed by atoms with E-state index in [1.165, 1.54) is 16.0 Å². The van der Waals surface area contributed by atoms with Crippen LogP contribution in [-0.2, 0) is 6.42 Å². The van der Waals surface area contributed by atoms with Crippen LogP contribution < -0.4 is 0 Å². The highest BCUT2D eigenvalue weighted by atomic mass is 32.2. The predicted octanol–water partition coefficient (Wildman–Crippen LogP) is 5.17. The first kappa shape index (κ1) is 15.0. The highest BCUT2D eigenvalue weighted by molar-refractivity contribution is 8.07. The molecule has 0 fully saturated rings. The summed E-state index contributed by atoms with van der Waals surface area (Å²) >= 11 is 1.77. The second kappa shape index (κ2) is 9.29. The molecule has 1 rings (SSSR count). The lowest BCUT2D eigenvalue weighted by atomic mass is 10.0. The Morgan fingerprint density at radius 1 is 1.31 bits per heavy atom. The average Bonchev–Trinajstić information content (AvgIpc) is 2.38. The molecule has 0 radical (unpaired) electrons. The Balaban J connectivity index is 0.00000106. The summed E-state index contributed by atoms with van der Waals surface area (Å²) in [4.78, 5) is 1.29. The highest BCUT2D eigenvalue weighted by Crippen LogP contribution is 2.28. The lowest BCUT2D eigenvalue weighted by Gasteiger charge is -2.08. The van der Waals surface area contributed by atoms with Gasteiger partial charge in [-0.1, -0.05) is 57.7 Å². The van der Waals surface area contributed by atoms with Gasteiger partial charge in [0.05, 0.1) is 0 Å². The Bertz CT molecular complexity index is 337. The van der Waals surface area contributed by atoms with Crippen molar-refractivity contribution in [3.8, 4) is 0 Å². The predicted molar refractivity (Wildman–Crippen MR) is 78.9 cm³/mol. The number of benzene rings is 1. The number of thioether (sulfide) groups is 1. The molecule has 1 aromatic carbocycles. The van der Waals surface area contributed by atoms with Crippen LogP contribution in [0.1, 0.15) is 31.9 Å².